The van der Waals surface area contributed by atoms with Crippen LogP contribution in [0.1, 0.15) is 4.88 Å². The van der Waals surface area contributed by atoms with E-state index < -0.39 is 10.0 Å². The molecule has 116 valence electrons. The van der Waals surface area contributed by atoms with E-state index in [9.17, 15) is 13.2 Å². The summed E-state index contributed by atoms with van der Waals surface area (Å²) in [6.07, 6.45) is 3.15. The van der Waals surface area contributed by atoms with Crippen molar-refractivity contribution in [2.24, 2.45) is 0 Å². The number of thioether (sulfide) groups is 1. The van der Waals surface area contributed by atoms with Gasteiger partial charge in [0.05, 0.1) is 5.75 Å². The molecule has 8 heteroatoms. The lowest BCUT2D eigenvalue weighted by atomic mass is 10.4. The van der Waals surface area contributed by atoms with Crippen LogP contribution in [0.4, 0.5) is 0 Å². The first kappa shape index (κ1) is 16.5. The van der Waals surface area contributed by atoms with Crippen molar-refractivity contribution in [2.75, 3.05) is 36.9 Å². The highest BCUT2D eigenvalue weighted by molar-refractivity contribution is 7.99. The van der Waals surface area contributed by atoms with E-state index in [0.29, 0.717) is 13.1 Å². The van der Waals surface area contributed by atoms with Gasteiger partial charge in [-0.05, 0) is 17.5 Å². The number of rotatable bonds is 6. The van der Waals surface area contributed by atoms with Gasteiger partial charge in [-0.3, -0.25) is 4.79 Å². The van der Waals surface area contributed by atoms with Gasteiger partial charge in [0.1, 0.15) is 0 Å². The average Bonchev–Trinajstić information content (AvgIpc) is 2.99. The second-order valence-electron chi connectivity index (χ2n) is 4.47. The van der Waals surface area contributed by atoms with Gasteiger partial charge in [-0.2, -0.15) is 11.8 Å². The van der Waals surface area contributed by atoms with Crippen LogP contribution in [0.3, 0.4) is 0 Å². The Labute approximate surface area is 133 Å². The van der Waals surface area contributed by atoms with E-state index in [1.165, 1.54) is 10.4 Å². The van der Waals surface area contributed by atoms with Gasteiger partial charge in [0, 0.05) is 42.1 Å². The third-order valence-corrected chi connectivity index (χ3v) is 6.62. The Balaban J connectivity index is 1.74. The van der Waals surface area contributed by atoms with Gasteiger partial charge in [-0.15, -0.1) is 11.3 Å². The first-order valence-corrected chi connectivity index (χ1v) is 10.3. The van der Waals surface area contributed by atoms with Crippen molar-refractivity contribution in [1.29, 1.82) is 0 Å². The zero-order valence-electron chi connectivity index (χ0n) is 11.5. The fourth-order valence-electron chi connectivity index (χ4n) is 1.86. The van der Waals surface area contributed by atoms with E-state index in [1.807, 2.05) is 17.5 Å². The lowest BCUT2D eigenvalue weighted by Crippen LogP contribution is -2.41. The highest BCUT2D eigenvalue weighted by Gasteiger charge is 2.23. The Morgan fingerprint density at radius 2 is 2.14 bits per heavy atom. The Morgan fingerprint density at radius 3 is 2.81 bits per heavy atom. The summed E-state index contributed by atoms with van der Waals surface area (Å²) in [5.41, 5.74) is 0. The number of thiophene rings is 1. The van der Waals surface area contributed by atoms with E-state index >= 15 is 0 Å². The Kier molecular flexibility index (Phi) is 6.28. The number of nitrogens with one attached hydrogen (secondary N) is 1. The van der Waals surface area contributed by atoms with Crippen LogP contribution in [0.5, 0.6) is 0 Å². The quantitative estimate of drug-likeness (QED) is 0.788. The summed E-state index contributed by atoms with van der Waals surface area (Å²) in [7, 11) is -3.25. The minimum Gasteiger partial charge on any atom is -0.351 e. The monoisotopic (exact) mass is 346 g/mol. The number of nitrogens with zero attached hydrogens (tertiary/aromatic N) is 1. The van der Waals surface area contributed by atoms with E-state index in [-0.39, 0.29) is 18.2 Å². The molecular weight excluding hydrogens is 328 g/mol. The van der Waals surface area contributed by atoms with Gasteiger partial charge in [0.25, 0.3) is 0 Å². The number of carbonyl (C=O) groups is 1. The highest BCUT2D eigenvalue weighted by atomic mass is 32.2. The maximum Gasteiger partial charge on any atom is 0.244 e. The molecule has 1 amide bonds. The Morgan fingerprint density at radius 1 is 1.38 bits per heavy atom. The highest BCUT2D eigenvalue weighted by Crippen LogP contribution is 2.13. The van der Waals surface area contributed by atoms with Crippen molar-refractivity contribution in [1.82, 2.24) is 9.62 Å². The summed E-state index contributed by atoms with van der Waals surface area (Å²) in [5.74, 6) is 1.37. The zero-order chi connectivity index (χ0) is 15.1. The topological polar surface area (TPSA) is 66.5 Å². The predicted molar refractivity (Wildman–Crippen MR) is 89.0 cm³/mol. The molecule has 1 aromatic rings. The van der Waals surface area contributed by atoms with Crippen LogP contribution in [0, 0.1) is 0 Å². The summed E-state index contributed by atoms with van der Waals surface area (Å²) in [6, 6.07) is 3.82. The average molecular weight is 346 g/mol. The molecule has 0 saturated carbocycles. The lowest BCUT2D eigenvalue weighted by Gasteiger charge is -2.25. The van der Waals surface area contributed by atoms with Crippen molar-refractivity contribution in [3.8, 4) is 0 Å². The van der Waals surface area contributed by atoms with Crippen LogP contribution < -0.4 is 5.32 Å². The van der Waals surface area contributed by atoms with Crippen molar-refractivity contribution in [2.45, 2.75) is 0 Å². The Bertz CT molecular complexity index is 576. The van der Waals surface area contributed by atoms with Gasteiger partial charge >= 0.3 is 0 Å². The third-order valence-electron chi connectivity index (χ3n) is 2.96. The molecule has 0 radical (unpaired) electrons. The molecule has 1 N–H and O–H groups in total. The van der Waals surface area contributed by atoms with Crippen LogP contribution in [-0.4, -0.2) is 55.5 Å². The summed E-state index contributed by atoms with van der Waals surface area (Å²) in [5, 5.41) is 4.54. The van der Waals surface area contributed by atoms with E-state index in [1.54, 1.807) is 29.2 Å². The van der Waals surface area contributed by atoms with Crippen LogP contribution in [0.15, 0.2) is 23.6 Å². The summed E-state index contributed by atoms with van der Waals surface area (Å²) in [6.45, 7) is 1.28. The molecule has 0 unspecified atom stereocenters. The maximum atomic E-state index is 12.1. The SMILES string of the molecule is O=C(/C=C/c1cccs1)NCCS(=O)(=O)N1CCSCC1. The molecule has 0 aromatic carbocycles. The van der Waals surface area contributed by atoms with Crippen molar-refractivity contribution in [3.63, 3.8) is 0 Å². The summed E-state index contributed by atoms with van der Waals surface area (Å²) < 4.78 is 25.6. The molecular formula is C13H18N2O3S3. The molecule has 1 fully saturated rings. The van der Waals surface area contributed by atoms with Crippen LogP contribution in [-0.2, 0) is 14.8 Å². The van der Waals surface area contributed by atoms with E-state index in [2.05, 4.69) is 5.32 Å². The molecule has 2 heterocycles. The van der Waals surface area contributed by atoms with Gasteiger partial charge in [0.15, 0.2) is 0 Å². The number of sulfonamides is 1. The molecule has 0 bridgehead atoms. The standard InChI is InChI=1S/C13H18N2O3S3/c16-13(4-3-12-2-1-8-20-12)14-5-11-21(17,18)15-6-9-19-10-7-15/h1-4,8H,5-7,9-11H2,(H,14,16)/b4-3+. The molecule has 1 aliphatic rings. The van der Waals surface area contributed by atoms with Crippen LogP contribution >= 0.6 is 23.1 Å². The van der Waals surface area contributed by atoms with Crippen LogP contribution in [0.2, 0.25) is 0 Å². The van der Waals surface area contributed by atoms with Gasteiger partial charge in [0.2, 0.25) is 15.9 Å². The summed E-state index contributed by atoms with van der Waals surface area (Å²) >= 11 is 3.31. The minimum atomic E-state index is -3.25. The first-order chi connectivity index (χ1) is 10.1. The van der Waals surface area contributed by atoms with Crippen molar-refractivity contribution < 1.29 is 13.2 Å². The molecule has 1 saturated heterocycles. The molecule has 0 atom stereocenters. The van der Waals surface area contributed by atoms with E-state index in [0.717, 1.165) is 16.4 Å². The van der Waals surface area contributed by atoms with Crippen LogP contribution in [0.25, 0.3) is 6.08 Å². The number of hydrogen-bond acceptors (Lipinski definition) is 5. The smallest absolute Gasteiger partial charge is 0.244 e. The second-order valence-corrected chi connectivity index (χ2v) is 8.76. The molecule has 0 aliphatic carbocycles. The van der Waals surface area contributed by atoms with Crippen molar-refractivity contribution in [3.05, 3.63) is 28.5 Å². The minimum absolute atomic E-state index is 0.0454. The molecule has 0 spiro atoms. The van der Waals surface area contributed by atoms with Gasteiger partial charge in [-0.25, -0.2) is 12.7 Å². The molecule has 5 nitrogen and oxygen atoms in total. The largest absolute Gasteiger partial charge is 0.351 e. The first-order valence-electron chi connectivity index (χ1n) is 6.63. The van der Waals surface area contributed by atoms with Gasteiger partial charge < -0.3 is 5.32 Å². The van der Waals surface area contributed by atoms with Gasteiger partial charge in [-0.1, -0.05) is 6.07 Å². The second kappa shape index (κ2) is 7.98. The predicted octanol–water partition coefficient (Wildman–Crippen LogP) is 1.26. The third kappa shape index (κ3) is 5.46. The fourth-order valence-corrected chi connectivity index (χ4v) is 4.97. The zero-order valence-corrected chi connectivity index (χ0v) is 14.0. The van der Waals surface area contributed by atoms with E-state index in [4.69, 9.17) is 0 Å². The number of carbonyl (C=O) groups excluding carboxylic acids is 1. The lowest BCUT2D eigenvalue weighted by molar-refractivity contribution is -0.116. The molecule has 2 rings (SSSR count). The maximum absolute atomic E-state index is 12.1. The number of hydrogen-bond donors (Lipinski definition) is 1. The Hall–Kier alpha value is -0.830. The number of amides is 1. The summed E-state index contributed by atoms with van der Waals surface area (Å²) in [4.78, 5) is 12.6. The molecule has 1 aliphatic heterocycles. The molecule has 1 aromatic heterocycles. The fraction of sp³-hybridized carbons (Fsp3) is 0.462. The molecule has 21 heavy (non-hydrogen) atoms. The van der Waals surface area contributed by atoms with Crippen molar-refractivity contribution >= 4 is 45.1 Å². The normalized spacial score (nSPS) is 17.1.